The maximum atomic E-state index is 12.3. The van der Waals surface area contributed by atoms with Crippen molar-refractivity contribution in [1.82, 2.24) is 0 Å². The topological polar surface area (TPSA) is 98.8 Å². The lowest BCUT2D eigenvalue weighted by atomic mass is 10.1. The van der Waals surface area contributed by atoms with Crippen molar-refractivity contribution in [2.45, 2.75) is 19.6 Å². The van der Waals surface area contributed by atoms with Crippen molar-refractivity contribution >= 4 is 27.4 Å². The molecule has 1 amide bonds. The molecule has 0 aliphatic carbocycles. The lowest BCUT2D eigenvalue weighted by Crippen LogP contribution is -2.24. The fraction of sp³-hybridized carbons (Fsp3) is 0.300. The van der Waals surface area contributed by atoms with Gasteiger partial charge in [0.1, 0.15) is 11.5 Å². The number of ether oxygens (including phenoxy) is 2. The number of carbonyl (C=O) groups excluding carboxylic acids is 2. The van der Waals surface area contributed by atoms with E-state index in [1.807, 2.05) is 6.92 Å². The summed E-state index contributed by atoms with van der Waals surface area (Å²) < 4.78 is 34.9. The summed E-state index contributed by atoms with van der Waals surface area (Å²) in [5.41, 5.74) is 1.17. The van der Waals surface area contributed by atoms with Gasteiger partial charge in [0.15, 0.2) is 9.84 Å². The molecule has 0 unspecified atom stereocenters. The van der Waals surface area contributed by atoms with E-state index in [9.17, 15) is 18.0 Å². The van der Waals surface area contributed by atoms with Crippen LogP contribution in [0, 0.1) is 0 Å². The SMILES string of the molecule is CCOC(=O)c1cccc(CS(=O)(=O)CC(=O)Nc2ccc(OCC)cc2)c1. The van der Waals surface area contributed by atoms with Crippen molar-refractivity contribution in [1.29, 1.82) is 0 Å². The molecule has 0 aromatic heterocycles. The van der Waals surface area contributed by atoms with Crippen LogP contribution in [0.4, 0.5) is 5.69 Å². The van der Waals surface area contributed by atoms with Crippen molar-refractivity contribution in [3.05, 3.63) is 59.7 Å². The van der Waals surface area contributed by atoms with Crippen LogP contribution in [0.5, 0.6) is 5.75 Å². The lowest BCUT2D eigenvalue weighted by Gasteiger charge is -2.09. The summed E-state index contributed by atoms with van der Waals surface area (Å²) in [4.78, 5) is 23.9. The smallest absolute Gasteiger partial charge is 0.338 e. The molecule has 0 aliphatic heterocycles. The largest absolute Gasteiger partial charge is 0.494 e. The van der Waals surface area contributed by atoms with Crippen molar-refractivity contribution in [2.24, 2.45) is 0 Å². The van der Waals surface area contributed by atoms with Crippen LogP contribution >= 0.6 is 0 Å². The van der Waals surface area contributed by atoms with Crippen molar-refractivity contribution in [3.63, 3.8) is 0 Å². The van der Waals surface area contributed by atoms with Crippen molar-refractivity contribution < 1.29 is 27.5 Å². The van der Waals surface area contributed by atoms with Crippen LogP contribution in [0.1, 0.15) is 29.8 Å². The maximum Gasteiger partial charge on any atom is 0.338 e. The van der Waals surface area contributed by atoms with E-state index in [-0.39, 0.29) is 17.9 Å². The first kappa shape index (κ1) is 21.4. The van der Waals surface area contributed by atoms with E-state index in [0.29, 0.717) is 23.6 Å². The molecule has 0 atom stereocenters. The highest BCUT2D eigenvalue weighted by molar-refractivity contribution is 7.91. The second-order valence-electron chi connectivity index (χ2n) is 5.96. The van der Waals surface area contributed by atoms with Crippen LogP contribution in [0.15, 0.2) is 48.5 Å². The van der Waals surface area contributed by atoms with Crippen molar-refractivity contribution in [3.8, 4) is 5.75 Å². The molecule has 2 rings (SSSR count). The van der Waals surface area contributed by atoms with E-state index >= 15 is 0 Å². The molecule has 0 spiro atoms. The minimum atomic E-state index is -3.71. The molecule has 2 aromatic rings. The van der Waals surface area contributed by atoms with E-state index in [1.165, 1.54) is 6.07 Å². The van der Waals surface area contributed by atoms with Gasteiger partial charge in [0.05, 0.1) is 24.5 Å². The summed E-state index contributed by atoms with van der Waals surface area (Å²) >= 11 is 0. The third-order valence-corrected chi connectivity index (χ3v) is 5.10. The Balaban J connectivity index is 1.98. The number of rotatable bonds is 9. The first-order valence-electron chi connectivity index (χ1n) is 8.82. The number of benzene rings is 2. The highest BCUT2D eigenvalue weighted by Gasteiger charge is 2.18. The molecule has 0 heterocycles. The van der Waals surface area contributed by atoms with Gasteiger partial charge in [0, 0.05) is 5.69 Å². The molecule has 0 saturated carbocycles. The summed E-state index contributed by atoms with van der Waals surface area (Å²) in [6, 6.07) is 12.8. The van der Waals surface area contributed by atoms with E-state index in [0.717, 1.165) is 0 Å². The molecule has 0 fully saturated rings. The second kappa shape index (κ2) is 9.89. The van der Waals surface area contributed by atoms with Gasteiger partial charge >= 0.3 is 5.97 Å². The first-order valence-corrected chi connectivity index (χ1v) is 10.6. The monoisotopic (exact) mass is 405 g/mol. The highest BCUT2D eigenvalue weighted by atomic mass is 32.2. The van der Waals surface area contributed by atoms with Crippen LogP contribution in [0.3, 0.4) is 0 Å². The number of esters is 1. The second-order valence-corrected chi connectivity index (χ2v) is 8.02. The number of sulfone groups is 1. The van der Waals surface area contributed by atoms with Crippen LogP contribution in [-0.4, -0.2) is 39.3 Å². The van der Waals surface area contributed by atoms with Gasteiger partial charge in [-0.2, -0.15) is 0 Å². The van der Waals surface area contributed by atoms with Crippen molar-refractivity contribution in [2.75, 3.05) is 24.3 Å². The van der Waals surface area contributed by atoms with Crippen LogP contribution < -0.4 is 10.1 Å². The molecular formula is C20H23NO6S. The Bertz CT molecular complexity index is 922. The first-order chi connectivity index (χ1) is 13.3. The van der Waals surface area contributed by atoms with E-state index < -0.39 is 27.5 Å². The highest BCUT2D eigenvalue weighted by Crippen LogP contribution is 2.16. The molecule has 1 N–H and O–H groups in total. The summed E-state index contributed by atoms with van der Waals surface area (Å²) in [6.45, 7) is 4.31. The molecule has 0 radical (unpaired) electrons. The summed E-state index contributed by atoms with van der Waals surface area (Å²) in [5.74, 6) is -1.50. The lowest BCUT2D eigenvalue weighted by molar-refractivity contribution is -0.113. The van der Waals surface area contributed by atoms with Gasteiger partial charge in [-0.1, -0.05) is 12.1 Å². The maximum absolute atomic E-state index is 12.3. The van der Waals surface area contributed by atoms with Gasteiger partial charge in [0.25, 0.3) is 0 Å². The van der Waals surface area contributed by atoms with E-state index in [2.05, 4.69) is 5.32 Å². The number of hydrogen-bond donors (Lipinski definition) is 1. The van der Waals surface area contributed by atoms with Gasteiger partial charge in [-0.15, -0.1) is 0 Å². The fourth-order valence-corrected chi connectivity index (χ4v) is 3.77. The zero-order valence-corrected chi connectivity index (χ0v) is 16.6. The molecular weight excluding hydrogens is 382 g/mol. The number of hydrogen-bond acceptors (Lipinski definition) is 6. The predicted molar refractivity (Wildman–Crippen MR) is 106 cm³/mol. The molecule has 8 heteroatoms. The number of amides is 1. The Labute approximate surface area is 164 Å². The fourth-order valence-electron chi connectivity index (χ4n) is 2.51. The minimum absolute atomic E-state index is 0.229. The quantitative estimate of drug-likeness (QED) is 0.644. The van der Waals surface area contributed by atoms with Gasteiger partial charge < -0.3 is 14.8 Å². The van der Waals surface area contributed by atoms with Gasteiger partial charge in [0.2, 0.25) is 5.91 Å². The Hall–Kier alpha value is -2.87. The van der Waals surface area contributed by atoms with Crippen LogP contribution in [0.25, 0.3) is 0 Å². The average molecular weight is 405 g/mol. The normalized spacial score (nSPS) is 10.9. The van der Waals surface area contributed by atoms with Crippen LogP contribution in [0.2, 0.25) is 0 Å². The number of nitrogens with one attached hydrogen (secondary N) is 1. The molecule has 0 saturated heterocycles. The van der Waals surface area contributed by atoms with Gasteiger partial charge in [-0.25, -0.2) is 13.2 Å². The Morgan fingerprint density at radius 3 is 2.36 bits per heavy atom. The molecule has 150 valence electrons. The molecule has 0 bridgehead atoms. The molecule has 2 aromatic carbocycles. The standard InChI is InChI=1S/C20H23NO6S/c1-3-26-18-10-8-17(9-11-18)21-19(22)14-28(24,25)13-15-6-5-7-16(12-15)20(23)27-4-2/h5-12H,3-4,13-14H2,1-2H3,(H,21,22). The van der Waals surface area contributed by atoms with E-state index in [1.54, 1.807) is 49.4 Å². The Kier molecular flexibility index (Phi) is 7.57. The average Bonchev–Trinajstić information content (AvgIpc) is 2.63. The van der Waals surface area contributed by atoms with Crippen LogP contribution in [-0.2, 0) is 25.1 Å². The Morgan fingerprint density at radius 2 is 1.71 bits per heavy atom. The summed E-state index contributed by atoms with van der Waals surface area (Å²) in [5, 5.41) is 2.55. The third-order valence-electron chi connectivity index (χ3n) is 3.62. The summed E-state index contributed by atoms with van der Waals surface area (Å²) in [6.07, 6.45) is 0. The Morgan fingerprint density at radius 1 is 1.00 bits per heavy atom. The molecule has 28 heavy (non-hydrogen) atoms. The molecule has 7 nitrogen and oxygen atoms in total. The van der Waals surface area contributed by atoms with Gasteiger partial charge in [-0.05, 0) is 55.8 Å². The van der Waals surface area contributed by atoms with Gasteiger partial charge in [-0.3, -0.25) is 4.79 Å². The molecule has 0 aliphatic rings. The number of carbonyl (C=O) groups is 2. The minimum Gasteiger partial charge on any atom is -0.494 e. The third kappa shape index (κ3) is 6.70. The number of anilines is 1. The zero-order valence-electron chi connectivity index (χ0n) is 15.8. The summed E-state index contributed by atoms with van der Waals surface area (Å²) in [7, 11) is -3.71. The zero-order chi connectivity index (χ0) is 20.6. The predicted octanol–water partition coefficient (Wildman–Crippen LogP) is 2.82. The van der Waals surface area contributed by atoms with E-state index in [4.69, 9.17) is 9.47 Å².